The minimum atomic E-state index is -4.77. The highest BCUT2D eigenvalue weighted by atomic mass is 19.4. The lowest BCUT2D eigenvalue weighted by atomic mass is 10.1. The van der Waals surface area contributed by atoms with Gasteiger partial charge in [-0.15, -0.1) is 0 Å². The van der Waals surface area contributed by atoms with Crippen molar-refractivity contribution < 1.29 is 22.7 Å². The van der Waals surface area contributed by atoms with E-state index in [1.165, 1.54) is 0 Å². The molecule has 1 N–H and O–H groups in total. The predicted molar refractivity (Wildman–Crippen MR) is 37.8 cm³/mol. The molecule has 1 rings (SSSR count). The zero-order chi connectivity index (χ0) is 10.2. The molecular formula is C8H6F4O. The fourth-order valence-electron chi connectivity index (χ4n) is 1.01. The van der Waals surface area contributed by atoms with E-state index in [1.807, 2.05) is 0 Å². The van der Waals surface area contributed by atoms with Crippen LogP contribution in [0.4, 0.5) is 17.6 Å². The molecule has 1 aromatic rings. The predicted octanol–water partition coefficient (Wildman–Crippen LogP) is 2.86. The Balaban J connectivity index is 3.43. The number of benzene rings is 1. The van der Waals surface area contributed by atoms with Gasteiger partial charge in [-0.2, -0.15) is 13.2 Å². The largest absolute Gasteiger partial charge is 0.505 e. The lowest BCUT2D eigenvalue weighted by molar-refractivity contribution is -0.140. The summed E-state index contributed by atoms with van der Waals surface area (Å²) in [5.74, 6) is -2.61. The van der Waals surface area contributed by atoms with Crippen molar-refractivity contribution in [3.8, 4) is 5.75 Å². The maximum Gasteiger partial charge on any atom is 0.419 e. The van der Waals surface area contributed by atoms with E-state index in [2.05, 4.69) is 0 Å². The number of phenols is 1. The van der Waals surface area contributed by atoms with Crippen molar-refractivity contribution in [1.29, 1.82) is 0 Å². The van der Waals surface area contributed by atoms with Crippen LogP contribution in [0.2, 0.25) is 0 Å². The smallest absolute Gasteiger partial charge is 0.419 e. The summed E-state index contributed by atoms with van der Waals surface area (Å²) in [5.41, 5.74) is -1.66. The Morgan fingerprint density at radius 2 is 1.77 bits per heavy atom. The average molecular weight is 194 g/mol. The van der Waals surface area contributed by atoms with Gasteiger partial charge in [-0.3, -0.25) is 0 Å². The van der Waals surface area contributed by atoms with E-state index in [4.69, 9.17) is 5.11 Å². The molecule has 1 nitrogen and oxygen atoms in total. The number of hydrogen-bond acceptors (Lipinski definition) is 1. The molecule has 0 aliphatic carbocycles. The van der Waals surface area contributed by atoms with Crippen molar-refractivity contribution in [3.05, 3.63) is 29.1 Å². The van der Waals surface area contributed by atoms with Crippen molar-refractivity contribution in [2.75, 3.05) is 0 Å². The Kier molecular flexibility index (Phi) is 2.19. The van der Waals surface area contributed by atoms with Gasteiger partial charge >= 0.3 is 6.18 Å². The van der Waals surface area contributed by atoms with Crippen LogP contribution in [0.25, 0.3) is 0 Å². The number of halogens is 4. The Morgan fingerprint density at radius 1 is 1.23 bits per heavy atom. The van der Waals surface area contributed by atoms with Crippen molar-refractivity contribution >= 4 is 0 Å². The Morgan fingerprint density at radius 3 is 2.15 bits per heavy atom. The summed E-state index contributed by atoms with van der Waals surface area (Å²) in [6.07, 6.45) is -4.77. The van der Waals surface area contributed by atoms with Gasteiger partial charge in [0.25, 0.3) is 0 Å². The summed E-state index contributed by atoms with van der Waals surface area (Å²) in [7, 11) is 0. The van der Waals surface area contributed by atoms with Gasteiger partial charge in [0.1, 0.15) is 0 Å². The molecule has 0 radical (unpaired) electrons. The molecule has 0 atom stereocenters. The summed E-state index contributed by atoms with van der Waals surface area (Å²) in [6, 6.07) is 1.90. The van der Waals surface area contributed by atoms with Gasteiger partial charge in [0.05, 0.1) is 5.56 Å². The Hall–Kier alpha value is -1.26. The standard InChI is InChI=1S/C8H6F4O/c1-4-2-3-5(13)7(9)6(4)8(10,11)12/h2-3,13H,1H3. The van der Waals surface area contributed by atoms with Crippen LogP contribution in [-0.4, -0.2) is 5.11 Å². The third-order valence-electron chi connectivity index (χ3n) is 1.61. The average Bonchev–Trinajstić information content (AvgIpc) is 1.95. The van der Waals surface area contributed by atoms with Gasteiger partial charge in [0.15, 0.2) is 11.6 Å². The molecule has 0 aliphatic heterocycles. The van der Waals surface area contributed by atoms with E-state index in [9.17, 15) is 17.6 Å². The molecule has 0 bridgehead atoms. The Labute approximate surface area is 71.6 Å². The summed E-state index contributed by atoms with van der Waals surface area (Å²) < 4.78 is 49.2. The van der Waals surface area contributed by atoms with Gasteiger partial charge in [0, 0.05) is 0 Å². The van der Waals surface area contributed by atoms with Gasteiger partial charge in [-0.1, -0.05) is 6.07 Å². The number of alkyl halides is 3. The monoisotopic (exact) mass is 194 g/mol. The zero-order valence-corrected chi connectivity index (χ0v) is 6.61. The first-order valence-electron chi connectivity index (χ1n) is 3.39. The van der Waals surface area contributed by atoms with E-state index in [1.54, 1.807) is 0 Å². The second kappa shape index (κ2) is 2.90. The van der Waals surface area contributed by atoms with Crippen LogP contribution >= 0.6 is 0 Å². The molecule has 0 spiro atoms. The molecule has 0 aromatic heterocycles. The van der Waals surface area contributed by atoms with E-state index in [-0.39, 0.29) is 5.56 Å². The first-order valence-corrected chi connectivity index (χ1v) is 3.39. The van der Waals surface area contributed by atoms with Crippen LogP contribution in [0, 0.1) is 12.7 Å². The van der Waals surface area contributed by atoms with Crippen LogP contribution in [0.1, 0.15) is 11.1 Å². The van der Waals surface area contributed by atoms with Crippen LogP contribution in [-0.2, 0) is 6.18 Å². The van der Waals surface area contributed by atoms with Crippen LogP contribution in [0.5, 0.6) is 5.75 Å². The minimum Gasteiger partial charge on any atom is -0.505 e. The summed E-state index contributed by atoms with van der Waals surface area (Å²) >= 11 is 0. The molecule has 0 amide bonds. The maximum atomic E-state index is 12.8. The number of aromatic hydroxyl groups is 1. The van der Waals surface area contributed by atoms with Gasteiger partial charge in [-0.05, 0) is 18.6 Å². The fourth-order valence-corrected chi connectivity index (χ4v) is 1.01. The second-order valence-electron chi connectivity index (χ2n) is 2.59. The number of aryl methyl sites for hydroxylation is 1. The molecule has 0 fully saturated rings. The molecule has 0 saturated carbocycles. The van der Waals surface area contributed by atoms with Crippen molar-refractivity contribution in [3.63, 3.8) is 0 Å². The lowest BCUT2D eigenvalue weighted by Crippen LogP contribution is -2.10. The summed E-state index contributed by atoms with van der Waals surface area (Å²) in [4.78, 5) is 0. The third-order valence-corrected chi connectivity index (χ3v) is 1.61. The van der Waals surface area contributed by atoms with Crippen LogP contribution in [0.3, 0.4) is 0 Å². The highest BCUT2D eigenvalue weighted by Gasteiger charge is 2.36. The molecular weight excluding hydrogens is 188 g/mol. The van der Waals surface area contributed by atoms with Crippen LogP contribution in [0.15, 0.2) is 12.1 Å². The zero-order valence-electron chi connectivity index (χ0n) is 6.61. The van der Waals surface area contributed by atoms with E-state index >= 15 is 0 Å². The lowest BCUT2D eigenvalue weighted by Gasteiger charge is -2.11. The van der Waals surface area contributed by atoms with Gasteiger partial charge in [-0.25, -0.2) is 4.39 Å². The van der Waals surface area contributed by atoms with Gasteiger partial charge < -0.3 is 5.11 Å². The van der Waals surface area contributed by atoms with Crippen molar-refractivity contribution in [2.24, 2.45) is 0 Å². The number of phenolic OH excluding ortho intramolecular Hbond substituents is 1. The summed E-state index contributed by atoms with van der Waals surface area (Å²) in [5, 5.41) is 8.71. The molecule has 13 heavy (non-hydrogen) atoms. The van der Waals surface area contributed by atoms with E-state index < -0.39 is 23.3 Å². The molecule has 0 heterocycles. The highest BCUT2D eigenvalue weighted by Crippen LogP contribution is 2.36. The molecule has 0 saturated heterocycles. The SMILES string of the molecule is Cc1ccc(O)c(F)c1C(F)(F)F. The first kappa shape index (κ1) is 9.83. The quantitative estimate of drug-likeness (QED) is 0.629. The van der Waals surface area contributed by atoms with E-state index in [0.717, 1.165) is 19.1 Å². The van der Waals surface area contributed by atoms with E-state index in [0.29, 0.717) is 0 Å². The number of hydrogen-bond donors (Lipinski definition) is 1. The van der Waals surface area contributed by atoms with Crippen molar-refractivity contribution in [1.82, 2.24) is 0 Å². The Bertz CT molecular complexity index is 330. The van der Waals surface area contributed by atoms with Crippen LogP contribution < -0.4 is 0 Å². The molecule has 5 heteroatoms. The molecule has 72 valence electrons. The molecule has 0 unspecified atom stereocenters. The molecule has 0 aliphatic rings. The highest BCUT2D eigenvalue weighted by molar-refractivity contribution is 5.37. The molecule has 1 aromatic carbocycles. The topological polar surface area (TPSA) is 20.2 Å². The number of rotatable bonds is 0. The minimum absolute atomic E-state index is 0.247. The normalized spacial score (nSPS) is 11.8. The summed E-state index contributed by atoms with van der Waals surface area (Å²) in [6.45, 7) is 1.13. The second-order valence-corrected chi connectivity index (χ2v) is 2.59. The van der Waals surface area contributed by atoms with Crippen molar-refractivity contribution in [2.45, 2.75) is 13.1 Å². The first-order chi connectivity index (χ1) is 5.84. The maximum absolute atomic E-state index is 12.8. The third kappa shape index (κ3) is 1.74. The van der Waals surface area contributed by atoms with Gasteiger partial charge in [0.2, 0.25) is 0 Å². The fraction of sp³-hybridized carbons (Fsp3) is 0.250.